The number of aliphatic carboxylic acids is 1. The lowest BCUT2D eigenvalue weighted by Crippen LogP contribution is -2.26. The molecule has 0 aliphatic carbocycles. The van der Waals surface area contributed by atoms with Crippen molar-refractivity contribution < 1.29 is 9.90 Å². The van der Waals surface area contributed by atoms with Gasteiger partial charge in [-0.1, -0.05) is 0 Å². The Kier molecular flexibility index (Phi) is 1.73. The first-order valence-corrected chi connectivity index (χ1v) is 4.64. The molecule has 0 aromatic carbocycles. The van der Waals surface area contributed by atoms with Crippen LogP contribution in [0.15, 0.2) is 22.4 Å². The van der Waals surface area contributed by atoms with E-state index in [2.05, 4.69) is 10.9 Å². The summed E-state index contributed by atoms with van der Waals surface area (Å²) in [7, 11) is 0. The van der Waals surface area contributed by atoms with Gasteiger partial charge in [-0.05, 0) is 11.8 Å². The van der Waals surface area contributed by atoms with Crippen LogP contribution in [0.2, 0.25) is 0 Å². The lowest BCUT2D eigenvalue weighted by molar-refractivity contribution is -0.133. The monoisotopic (exact) mass is 184 g/mol. The highest BCUT2D eigenvalue weighted by Crippen LogP contribution is 2.29. The molecule has 0 aromatic heterocycles. The molecular weight excluding hydrogens is 176 g/mol. The van der Waals surface area contributed by atoms with Crippen molar-refractivity contribution in [3.63, 3.8) is 0 Å². The van der Waals surface area contributed by atoms with Gasteiger partial charge in [0.2, 0.25) is 0 Å². The van der Waals surface area contributed by atoms with Crippen molar-refractivity contribution in [3.8, 4) is 0 Å². The van der Waals surface area contributed by atoms with Gasteiger partial charge in [0.25, 0.3) is 0 Å². The molecule has 0 unspecified atom stereocenters. The van der Waals surface area contributed by atoms with Crippen molar-refractivity contribution in [1.29, 1.82) is 0 Å². The summed E-state index contributed by atoms with van der Waals surface area (Å²) in [5.74, 6) is 0.0618. The van der Waals surface area contributed by atoms with Crippen LogP contribution >= 0.6 is 11.8 Å². The van der Waals surface area contributed by atoms with Crippen LogP contribution in [-0.4, -0.2) is 16.8 Å². The molecule has 5 heteroatoms. The minimum atomic E-state index is -0.896. The van der Waals surface area contributed by atoms with E-state index in [0.717, 1.165) is 23.4 Å². The highest BCUT2D eigenvalue weighted by Gasteiger charge is 2.25. The Labute approximate surface area is 73.7 Å². The number of carbonyl (C=O) groups is 1. The Hall–Kier alpha value is -1.10. The first-order chi connectivity index (χ1) is 5.79. The quantitative estimate of drug-likeness (QED) is 0.551. The maximum atomic E-state index is 10.7. The maximum absolute atomic E-state index is 10.7. The molecule has 0 spiro atoms. The Morgan fingerprint density at radius 2 is 2.42 bits per heavy atom. The zero-order valence-corrected chi connectivity index (χ0v) is 7.07. The third kappa shape index (κ3) is 1.06. The summed E-state index contributed by atoms with van der Waals surface area (Å²) >= 11 is 1.69. The number of fused-ring (bicyclic) bond motifs is 1. The van der Waals surface area contributed by atoms with Gasteiger partial charge < -0.3 is 5.11 Å². The van der Waals surface area contributed by atoms with Gasteiger partial charge in [-0.25, -0.2) is 4.79 Å². The van der Waals surface area contributed by atoms with Gasteiger partial charge in [0, 0.05) is 11.3 Å². The number of hydrazine groups is 1. The second-order valence-electron chi connectivity index (χ2n) is 2.56. The number of carboxylic acid groups (broad SMARTS) is 1. The topological polar surface area (TPSA) is 61.4 Å². The van der Waals surface area contributed by atoms with Gasteiger partial charge >= 0.3 is 5.97 Å². The average molecular weight is 184 g/mol. The molecule has 2 rings (SSSR count). The maximum Gasteiger partial charge on any atom is 0.354 e. The number of nitrogens with one attached hydrogen (secondary N) is 2. The van der Waals surface area contributed by atoms with Gasteiger partial charge in [0.05, 0.1) is 5.70 Å². The molecule has 2 heterocycles. The first kappa shape index (κ1) is 7.54. The molecule has 0 atom stereocenters. The summed E-state index contributed by atoms with van der Waals surface area (Å²) < 4.78 is 0. The third-order valence-corrected chi connectivity index (χ3v) is 2.68. The Balaban J connectivity index is 2.39. The second-order valence-corrected chi connectivity index (χ2v) is 3.54. The van der Waals surface area contributed by atoms with E-state index in [1.807, 2.05) is 5.41 Å². The molecule has 0 amide bonds. The summed E-state index contributed by atoms with van der Waals surface area (Å²) in [6, 6.07) is 0. The minimum absolute atomic E-state index is 0.293. The SMILES string of the molecule is O=C(O)C1=C2CCSC=C2NN1. The predicted molar refractivity (Wildman–Crippen MR) is 46.1 cm³/mol. The van der Waals surface area contributed by atoms with Crippen LogP contribution in [0.5, 0.6) is 0 Å². The molecule has 0 radical (unpaired) electrons. The van der Waals surface area contributed by atoms with Crippen LogP contribution in [0.3, 0.4) is 0 Å². The van der Waals surface area contributed by atoms with Gasteiger partial charge in [-0.15, -0.1) is 11.8 Å². The summed E-state index contributed by atoms with van der Waals surface area (Å²) in [5, 5.41) is 10.7. The molecule has 64 valence electrons. The van der Waals surface area contributed by atoms with Crippen LogP contribution in [0.1, 0.15) is 6.42 Å². The lowest BCUT2D eigenvalue weighted by atomic mass is 10.1. The van der Waals surface area contributed by atoms with Crippen LogP contribution in [0.4, 0.5) is 0 Å². The number of carboxylic acids is 1. The van der Waals surface area contributed by atoms with Crippen molar-refractivity contribution in [3.05, 3.63) is 22.4 Å². The average Bonchev–Trinajstić information content (AvgIpc) is 2.47. The number of hydrogen-bond donors (Lipinski definition) is 3. The standard InChI is InChI=1S/C7H8N2O2S/c10-7(11)6-4-1-2-12-3-5(4)8-9-6/h3,8-9H,1-2H2,(H,10,11). The predicted octanol–water partition coefficient (Wildman–Crippen LogP) is 0.411. The van der Waals surface area contributed by atoms with E-state index in [-0.39, 0.29) is 0 Å². The van der Waals surface area contributed by atoms with Gasteiger partial charge in [-0.2, -0.15) is 0 Å². The van der Waals surface area contributed by atoms with E-state index >= 15 is 0 Å². The molecule has 0 saturated carbocycles. The van der Waals surface area contributed by atoms with Gasteiger partial charge in [-0.3, -0.25) is 10.9 Å². The third-order valence-electron chi connectivity index (χ3n) is 1.83. The molecule has 0 bridgehead atoms. The second kappa shape index (κ2) is 2.75. The van der Waals surface area contributed by atoms with Crippen LogP contribution < -0.4 is 10.9 Å². The molecular formula is C7H8N2O2S. The van der Waals surface area contributed by atoms with Crippen LogP contribution in [0.25, 0.3) is 0 Å². The van der Waals surface area contributed by atoms with Crippen LogP contribution in [0, 0.1) is 0 Å². The fraction of sp³-hybridized carbons (Fsp3) is 0.286. The van der Waals surface area contributed by atoms with E-state index in [9.17, 15) is 4.79 Å². The summed E-state index contributed by atoms with van der Waals surface area (Å²) in [5.41, 5.74) is 7.56. The smallest absolute Gasteiger partial charge is 0.354 e. The van der Waals surface area contributed by atoms with Gasteiger partial charge in [0.1, 0.15) is 5.70 Å². The zero-order chi connectivity index (χ0) is 8.55. The fourth-order valence-corrected chi connectivity index (χ4v) is 2.07. The summed E-state index contributed by atoms with van der Waals surface area (Å²) in [4.78, 5) is 10.7. The van der Waals surface area contributed by atoms with Crippen LogP contribution in [-0.2, 0) is 4.79 Å². The first-order valence-electron chi connectivity index (χ1n) is 3.59. The van der Waals surface area contributed by atoms with Crippen molar-refractivity contribution in [1.82, 2.24) is 10.9 Å². The Morgan fingerprint density at radius 1 is 1.58 bits per heavy atom. The van der Waals surface area contributed by atoms with Gasteiger partial charge in [0.15, 0.2) is 0 Å². The number of hydrogen-bond acceptors (Lipinski definition) is 4. The zero-order valence-electron chi connectivity index (χ0n) is 6.26. The Bertz CT molecular complexity index is 296. The largest absolute Gasteiger partial charge is 0.477 e. The van der Waals surface area contributed by atoms with E-state index in [1.54, 1.807) is 11.8 Å². The molecule has 2 aliphatic heterocycles. The summed E-state index contributed by atoms with van der Waals surface area (Å²) in [6.07, 6.45) is 0.818. The van der Waals surface area contributed by atoms with Crippen molar-refractivity contribution in [2.75, 3.05) is 5.75 Å². The molecule has 0 fully saturated rings. The number of allylic oxidation sites excluding steroid dienone is 1. The van der Waals surface area contributed by atoms with E-state index in [4.69, 9.17) is 5.11 Å². The number of thioether (sulfide) groups is 1. The molecule has 0 saturated heterocycles. The molecule has 2 aliphatic rings. The minimum Gasteiger partial charge on any atom is -0.477 e. The molecule has 0 aromatic rings. The van der Waals surface area contributed by atoms with E-state index < -0.39 is 5.97 Å². The molecule has 4 nitrogen and oxygen atoms in total. The number of rotatable bonds is 1. The van der Waals surface area contributed by atoms with Crippen molar-refractivity contribution >= 4 is 17.7 Å². The summed E-state index contributed by atoms with van der Waals surface area (Å²) in [6.45, 7) is 0. The van der Waals surface area contributed by atoms with E-state index in [0.29, 0.717) is 5.70 Å². The molecule has 12 heavy (non-hydrogen) atoms. The fourth-order valence-electron chi connectivity index (χ4n) is 1.26. The lowest BCUT2D eigenvalue weighted by Gasteiger charge is -2.08. The Morgan fingerprint density at radius 3 is 3.17 bits per heavy atom. The van der Waals surface area contributed by atoms with Crippen molar-refractivity contribution in [2.45, 2.75) is 6.42 Å². The van der Waals surface area contributed by atoms with E-state index in [1.165, 1.54) is 0 Å². The molecule has 3 N–H and O–H groups in total. The highest BCUT2D eigenvalue weighted by atomic mass is 32.2. The van der Waals surface area contributed by atoms with Crippen molar-refractivity contribution in [2.24, 2.45) is 0 Å². The normalized spacial score (nSPS) is 20.8. The highest BCUT2D eigenvalue weighted by molar-refractivity contribution is 8.02.